The van der Waals surface area contributed by atoms with E-state index >= 15 is 0 Å². The van der Waals surface area contributed by atoms with Crippen LogP contribution in [0.5, 0.6) is 5.75 Å². The number of aryl methyl sites for hydroxylation is 1. The number of ketones is 1. The summed E-state index contributed by atoms with van der Waals surface area (Å²) >= 11 is 7.82. The molecule has 0 saturated heterocycles. The molecule has 0 amide bonds. The summed E-state index contributed by atoms with van der Waals surface area (Å²) in [5, 5.41) is 28.6. The number of hydrogen-bond donors (Lipinski definition) is 2. The van der Waals surface area contributed by atoms with Crippen LogP contribution in [-0.2, 0) is 6.42 Å². The Hall–Kier alpha value is -4.20. The minimum Gasteiger partial charge on any atom is -0.508 e. The fourth-order valence-corrected chi connectivity index (χ4v) is 5.76. The summed E-state index contributed by atoms with van der Waals surface area (Å²) in [4.78, 5) is 25.5. The van der Waals surface area contributed by atoms with Gasteiger partial charge in [0.05, 0.1) is 21.6 Å². The molecule has 1 atom stereocenters. The molecule has 0 aliphatic heterocycles. The Morgan fingerprint density at radius 3 is 2.42 bits per heavy atom. The number of nitro benzene ring substituents is 1. The number of carbonyl (C=O) groups excluding carboxylic acids is 1. The van der Waals surface area contributed by atoms with Crippen molar-refractivity contribution in [3.8, 4) is 5.75 Å². The first-order valence-electron chi connectivity index (χ1n) is 12.0. The van der Waals surface area contributed by atoms with E-state index in [0.717, 1.165) is 22.1 Å². The molecule has 38 heavy (non-hydrogen) atoms. The predicted molar refractivity (Wildman–Crippen MR) is 153 cm³/mol. The number of fused-ring (bicyclic) bond motifs is 1. The van der Waals surface area contributed by atoms with Crippen LogP contribution in [0.15, 0.2) is 91.0 Å². The monoisotopic (exact) mass is 542 g/mol. The van der Waals surface area contributed by atoms with Crippen LogP contribution >= 0.6 is 22.9 Å². The number of non-ortho nitro benzene ring substituents is 1. The van der Waals surface area contributed by atoms with Crippen LogP contribution in [0.3, 0.4) is 0 Å². The van der Waals surface area contributed by atoms with Gasteiger partial charge in [-0.3, -0.25) is 14.9 Å². The van der Waals surface area contributed by atoms with E-state index in [1.807, 2.05) is 43.3 Å². The van der Waals surface area contributed by atoms with E-state index in [2.05, 4.69) is 5.32 Å². The minimum atomic E-state index is -0.608. The molecule has 0 fully saturated rings. The molecule has 0 aliphatic rings. The average Bonchev–Trinajstić information content (AvgIpc) is 3.35. The van der Waals surface area contributed by atoms with Crippen molar-refractivity contribution in [2.75, 3.05) is 5.32 Å². The van der Waals surface area contributed by atoms with Gasteiger partial charge < -0.3 is 10.4 Å². The Labute approximate surface area is 228 Å². The number of aromatic hydroxyl groups is 1. The lowest BCUT2D eigenvalue weighted by Crippen LogP contribution is -2.15. The predicted octanol–water partition coefficient (Wildman–Crippen LogP) is 8.16. The molecular formula is C30H23ClN2O4S. The summed E-state index contributed by atoms with van der Waals surface area (Å²) in [5.41, 5.74) is 2.15. The molecular weight excluding hydrogens is 520 g/mol. The second-order valence-electron chi connectivity index (χ2n) is 8.76. The topological polar surface area (TPSA) is 92.5 Å². The lowest BCUT2D eigenvalue weighted by Gasteiger charge is -2.23. The van der Waals surface area contributed by atoms with Crippen molar-refractivity contribution < 1.29 is 14.8 Å². The standard InChI is InChI=1S/C30H23ClN2O4S/c1-2-21-17-24(29(35)23-9-5-6-10-25(23)31)30(38-21)32-28(19-11-14-20(15-12-19)33(36)37)27-22-8-4-3-7-18(22)13-16-26(27)34/h3-17,28,32,34H,2H2,1H3. The first kappa shape index (κ1) is 25.4. The summed E-state index contributed by atoms with van der Waals surface area (Å²) in [6.07, 6.45) is 0.733. The molecule has 5 rings (SSSR count). The molecule has 1 aromatic heterocycles. The molecule has 1 heterocycles. The SMILES string of the molecule is CCc1cc(C(=O)c2ccccc2Cl)c(NC(c2ccc([N+](=O)[O-])cc2)c2c(O)ccc3ccccc23)s1. The van der Waals surface area contributed by atoms with Crippen molar-refractivity contribution in [3.63, 3.8) is 0 Å². The van der Waals surface area contributed by atoms with Crippen molar-refractivity contribution in [2.45, 2.75) is 19.4 Å². The number of phenols is 1. The molecule has 0 radical (unpaired) electrons. The van der Waals surface area contributed by atoms with Gasteiger partial charge in [0.15, 0.2) is 5.78 Å². The maximum atomic E-state index is 13.6. The third-order valence-corrected chi connectivity index (χ3v) is 7.98. The smallest absolute Gasteiger partial charge is 0.269 e. The van der Waals surface area contributed by atoms with Crippen LogP contribution in [0.1, 0.15) is 44.9 Å². The van der Waals surface area contributed by atoms with Gasteiger partial charge in [0, 0.05) is 28.1 Å². The first-order valence-corrected chi connectivity index (χ1v) is 13.2. The quantitative estimate of drug-likeness (QED) is 0.117. The summed E-state index contributed by atoms with van der Waals surface area (Å²) in [6, 6.07) is 25.6. The number of nitrogens with one attached hydrogen (secondary N) is 1. The zero-order valence-corrected chi connectivity index (χ0v) is 21.9. The third kappa shape index (κ3) is 4.86. The van der Waals surface area contributed by atoms with Crippen LogP contribution < -0.4 is 5.32 Å². The Kier molecular flexibility index (Phi) is 7.13. The fraction of sp³-hybridized carbons (Fsp3) is 0.100. The summed E-state index contributed by atoms with van der Waals surface area (Å²) in [5.74, 6) is -0.135. The maximum Gasteiger partial charge on any atom is 0.269 e. The number of benzene rings is 4. The van der Waals surface area contributed by atoms with Crippen molar-refractivity contribution in [1.82, 2.24) is 0 Å². The van der Waals surface area contributed by atoms with Gasteiger partial charge in [0.25, 0.3) is 5.69 Å². The molecule has 1 unspecified atom stereocenters. The van der Waals surface area contributed by atoms with Gasteiger partial charge in [-0.2, -0.15) is 0 Å². The van der Waals surface area contributed by atoms with Crippen LogP contribution in [-0.4, -0.2) is 15.8 Å². The maximum absolute atomic E-state index is 13.6. The molecule has 0 bridgehead atoms. The Morgan fingerprint density at radius 1 is 1.00 bits per heavy atom. The van der Waals surface area contributed by atoms with Crippen molar-refractivity contribution in [3.05, 3.63) is 133 Å². The molecule has 4 aromatic carbocycles. The number of phenolic OH excluding ortho intramolecular Hbond substituents is 1. The highest BCUT2D eigenvalue weighted by Crippen LogP contribution is 2.41. The summed E-state index contributed by atoms with van der Waals surface area (Å²) in [6.45, 7) is 2.02. The number of anilines is 1. The number of carbonyl (C=O) groups is 1. The number of nitro groups is 1. The number of halogens is 1. The average molecular weight is 543 g/mol. The van der Waals surface area contributed by atoms with Gasteiger partial charge in [-0.1, -0.05) is 61.0 Å². The Bertz CT molecular complexity index is 1660. The van der Waals surface area contributed by atoms with E-state index in [-0.39, 0.29) is 17.2 Å². The zero-order valence-electron chi connectivity index (χ0n) is 20.4. The second kappa shape index (κ2) is 10.7. The molecule has 0 aliphatic carbocycles. The van der Waals surface area contributed by atoms with Crippen molar-refractivity contribution in [2.24, 2.45) is 0 Å². The van der Waals surface area contributed by atoms with Gasteiger partial charge in [-0.25, -0.2) is 0 Å². The molecule has 0 spiro atoms. The number of thiophene rings is 1. The van der Waals surface area contributed by atoms with E-state index in [0.29, 0.717) is 32.3 Å². The number of rotatable bonds is 8. The van der Waals surface area contributed by atoms with E-state index in [1.165, 1.54) is 23.5 Å². The van der Waals surface area contributed by atoms with Gasteiger partial charge in [-0.05, 0) is 59.2 Å². The van der Waals surface area contributed by atoms with Gasteiger partial charge in [0.2, 0.25) is 0 Å². The van der Waals surface area contributed by atoms with E-state index < -0.39 is 11.0 Å². The lowest BCUT2D eigenvalue weighted by atomic mass is 9.92. The third-order valence-electron chi connectivity index (χ3n) is 6.44. The van der Waals surface area contributed by atoms with Gasteiger partial charge in [0.1, 0.15) is 10.8 Å². The summed E-state index contributed by atoms with van der Waals surface area (Å²) in [7, 11) is 0. The Balaban J connectivity index is 1.68. The second-order valence-corrected chi connectivity index (χ2v) is 10.3. The number of nitrogens with zero attached hydrogens (tertiary/aromatic N) is 1. The highest BCUT2D eigenvalue weighted by molar-refractivity contribution is 7.16. The van der Waals surface area contributed by atoms with Crippen LogP contribution in [0, 0.1) is 10.1 Å². The largest absolute Gasteiger partial charge is 0.508 e. The lowest BCUT2D eigenvalue weighted by molar-refractivity contribution is -0.384. The normalized spacial score (nSPS) is 11.8. The summed E-state index contributed by atoms with van der Waals surface area (Å²) < 4.78 is 0. The van der Waals surface area contributed by atoms with E-state index in [1.54, 1.807) is 42.5 Å². The van der Waals surface area contributed by atoms with Crippen LogP contribution in [0.4, 0.5) is 10.7 Å². The van der Waals surface area contributed by atoms with Gasteiger partial charge >= 0.3 is 0 Å². The Morgan fingerprint density at radius 2 is 1.71 bits per heavy atom. The van der Waals surface area contributed by atoms with Crippen molar-refractivity contribution >= 4 is 50.2 Å². The van der Waals surface area contributed by atoms with Gasteiger partial charge in [-0.15, -0.1) is 11.3 Å². The highest BCUT2D eigenvalue weighted by Gasteiger charge is 2.26. The molecule has 0 saturated carbocycles. The zero-order chi connectivity index (χ0) is 26.8. The molecule has 6 nitrogen and oxygen atoms in total. The van der Waals surface area contributed by atoms with E-state index in [4.69, 9.17) is 11.6 Å². The highest BCUT2D eigenvalue weighted by atomic mass is 35.5. The molecule has 190 valence electrons. The first-order chi connectivity index (χ1) is 18.4. The van der Waals surface area contributed by atoms with Crippen molar-refractivity contribution in [1.29, 1.82) is 0 Å². The molecule has 5 aromatic rings. The number of hydrogen-bond acceptors (Lipinski definition) is 6. The molecule has 8 heteroatoms. The minimum absolute atomic E-state index is 0.0337. The fourth-order valence-electron chi connectivity index (χ4n) is 4.51. The van der Waals surface area contributed by atoms with Crippen LogP contribution in [0.25, 0.3) is 10.8 Å². The van der Waals surface area contributed by atoms with E-state index in [9.17, 15) is 20.0 Å². The molecule has 2 N–H and O–H groups in total. The van der Waals surface area contributed by atoms with Crippen LogP contribution in [0.2, 0.25) is 5.02 Å².